The minimum atomic E-state index is 0.462. The molecule has 2 aliphatic heterocycles. The lowest BCUT2D eigenvalue weighted by molar-refractivity contribution is 0.608. The molecule has 0 saturated carbocycles. The van der Waals surface area contributed by atoms with Crippen LogP contribution in [-0.2, 0) is 19.4 Å². The minimum Gasteiger partial charge on any atom is -0.311 e. The highest BCUT2D eigenvalue weighted by Gasteiger charge is 2.29. The van der Waals surface area contributed by atoms with Crippen LogP contribution in [-0.4, -0.2) is 32.8 Å². The highest BCUT2D eigenvalue weighted by Crippen LogP contribution is 2.43. The molecule has 3 rings (SSSR count). The predicted molar refractivity (Wildman–Crippen MR) is 88.5 cm³/mol. The summed E-state index contributed by atoms with van der Waals surface area (Å²) >= 11 is 4.11. The van der Waals surface area contributed by atoms with Gasteiger partial charge in [-0.2, -0.15) is 11.8 Å². The Bertz CT molecular complexity index is 475. The van der Waals surface area contributed by atoms with Gasteiger partial charge in [0.1, 0.15) is 5.82 Å². The summed E-state index contributed by atoms with van der Waals surface area (Å²) in [5, 5.41) is 5.32. The molecule has 20 heavy (non-hydrogen) atoms. The van der Waals surface area contributed by atoms with Crippen molar-refractivity contribution in [3.8, 4) is 0 Å². The molecule has 0 radical (unpaired) electrons. The SMILES string of the molecule is CCc1nc(C2CSC(C)C(C)S2)nc2c1CCNC2. The fourth-order valence-corrected chi connectivity index (χ4v) is 5.66. The normalized spacial score (nSPS) is 30.1. The van der Waals surface area contributed by atoms with Gasteiger partial charge in [0.05, 0.1) is 10.9 Å². The Kier molecular flexibility index (Phi) is 4.58. The van der Waals surface area contributed by atoms with Crippen molar-refractivity contribution in [1.29, 1.82) is 0 Å². The largest absolute Gasteiger partial charge is 0.311 e. The first-order valence-electron chi connectivity index (χ1n) is 7.55. The molecule has 3 unspecified atom stereocenters. The van der Waals surface area contributed by atoms with Crippen LogP contribution in [0.4, 0.5) is 0 Å². The maximum Gasteiger partial charge on any atom is 0.142 e. The summed E-state index contributed by atoms with van der Waals surface area (Å²) in [6, 6.07) is 0. The summed E-state index contributed by atoms with van der Waals surface area (Å²) in [6.07, 6.45) is 2.10. The Morgan fingerprint density at radius 1 is 1.25 bits per heavy atom. The van der Waals surface area contributed by atoms with Gasteiger partial charge in [-0.1, -0.05) is 20.8 Å². The van der Waals surface area contributed by atoms with E-state index >= 15 is 0 Å². The Morgan fingerprint density at radius 2 is 2.10 bits per heavy atom. The van der Waals surface area contributed by atoms with Crippen LogP contribution in [0.2, 0.25) is 0 Å². The van der Waals surface area contributed by atoms with E-state index in [0.29, 0.717) is 10.5 Å². The van der Waals surface area contributed by atoms with Crippen LogP contribution >= 0.6 is 23.5 Å². The molecule has 0 bridgehead atoms. The fourth-order valence-electron chi connectivity index (χ4n) is 2.81. The predicted octanol–water partition coefficient (Wildman–Crippen LogP) is 2.98. The van der Waals surface area contributed by atoms with Crippen molar-refractivity contribution in [3.63, 3.8) is 0 Å². The van der Waals surface area contributed by atoms with E-state index in [1.165, 1.54) is 17.0 Å². The third-order valence-corrected chi connectivity index (χ3v) is 7.60. The molecule has 1 fully saturated rings. The average Bonchev–Trinajstić information content (AvgIpc) is 2.49. The molecule has 1 aromatic heterocycles. The van der Waals surface area contributed by atoms with Gasteiger partial charge in [0.15, 0.2) is 0 Å². The number of nitrogens with zero attached hydrogens (tertiary/aromatic N) is 2. The van der Waals surface area contributed by atoms with Crippen molar-refractivity contribution < 1.29 is 0 Å². The van der Waals surface area contributed by atoms with Crippen molar-refractivity contribution in [2.45, 2.75) is 55.9 Å². The van der Waals surface area contributed by atoms with Gasteiger partial charge in [0, 0.05) is 28.5 Å². The summed E-state index contributed by atoms with van der Waals surface area (Å²) < 4.78 is 0. The molecule has 3 heterocycles. The molecule has 3 nitrogen and oxygen atoms in total. The van der Waals surface area contributed by atoms with E-state index in [9.17, 15) is 0 Å². The Labute approximate surface area is 130 Å². The molecule has 3 atom stereocenters. The number of hydrogen-bond acceptors (Lipinski definition) is 5. The first kappa shape index (κ1) is 14.7. The first-order chi connectivity index (χ1) is 9.69. The average molecular weight is 310 g/mol. The van der Waals surface area contributed by atoms with E-state index in [2.05, 4.69) is 49.6 Å². The molecule has 0 aromatic carbocycles. The number of aryl methyl sites for hydroxylation is 1. The van der Waals surface area contributed by atoms with Crippen molar-refractivity contribution in [3.05, 3.63) is 22.8 Å². The van der Waals surface area contributed by atoms with E-state index in [0.717, 1.165) is 42.8 Å². The topological polar surface area (TPSA) is 37.8 Å². The molecule has 0 amide bonds. The van der Waals surface area contributed by atoms with Crippen LogP contribution in [0.3, 0.4) is 0 Å². The zero-order valence-corrected chi connectivity index (χ0v) is 14.1. The number of hydrogen-bond donors (Lipinski definition) is 1. The Balaban J connectivity index is 1.90. The van der Waals surface area contributed by atoms with Gasteiger partial charge in [-0.25, -0.2) is 9.97 Å². The quantitative estimate of drug-likeness (QED) is 0.909. The second-order valence-corrected chi connectivity index (χ2v) is 8.60. The highest BCUT2D eigenvalue weighted by molar-refractivity contribution is 8.07. The lowest BCUT2D eigenvalue weighted by Gasteiger charge is -2.31. The van der Waals surface area contributed by atoms with Crippen molar-refractivity contribution >= 4 is 23.5 Å². The summed E-state index contributed by atoms with van der Waals surface area (Å²) in [7, 11) is 0. The number of nitrogens with one attached hydrogen (secondary N) is 1. The summed E-state index contributed by atoms with van der Waals surface area (Å²) in [5.41, 5.74) is 3.93. The van der Waals surface area contributed by atoms with Crippen molar-refractivity contribution in [2.24, 2.45) is 0 Å². The monoisotopic (exact) mass is 309 g/mol. The zero-order valence-electron chi connectivity index (χ0n) is 12.5. The Morgan fingerprint density at radius 3 is 2.85 bits per heavy atom. The highest BCUT2D eigenvalue weighted by atomic mass is 32.2. The third-order valence-electron chi connectivity index (χ3n) is 4.21. The first-order valence-corrected chi connectivity index (χ1v) is 9.54. The number of thioether (sulfide) groups is 2. The minimum absolute atomic E-state index is 0.462. The van der Waals surface area contributed by atoms with E-state index in [1.807, 2.05) is 0 Å². The fraction of sp³-hybridized carbons (Fsp3) is 0.733. The maximum absolute atomic E-state index is 4.91. The molecular weight excluding hydrogens is 286 g/mol. The van der Waals surface area contributed by atoms with Gasteiger partial charge in [-0.15, -0.1) is 11.8 Å². The van der Waals surface area contributed by atoms with Gasteiger partial charge in [-0.3, -0.25) is 0 Å². The van der Waals surface area contributed by atoms with Crippen LogP contribution in [0.15, 0.2) is 0 Å². The number of rotatable bonds is 2. The van der Waals surface area contributed by atoms with E-state index < -0.39 is 0 Å². The molecule has 1 saturated heterocycles. The second-order valence-electron chi connectivity index (χ2n) is 5.60. The van der Waals surface area contributed by atoms with Crippen LogP contribution in [0.1, 0.15) is 48.8 Å². The standard InChI is InChI=1S/C15H23N3S2/c1-4-12-11-5-6-16-7-13(11)18-15(17-12)14-8-19-9(2)10(3)20-14/h9-10,14,16H,4-8H2,1-3H3. The van der Waals surface area contributed by atoms with E-state index in [-0.39, 0.29) is 0 Å². The molecule has 110 valence electrons. The van der Waals surface area contributed by atoms with Gasteiger partial charge in [-0.05, 0) is 24.9 Å². The second kappa shape index (κ2) is 6.24. The zero-order chi connectivity index (χ0) is 14.1. The van der Waals surface area contributed by atoms with Crippen LogP contribution in [0, 0.1) is 0 Å². The van der Waals surface area contributed by atoms with Gasteiger partial charge in [0.25, 0.3) is 0 Å². The van der Waals surface area contributed by atoms with Gasteiger partial charge < -0.3 is 5.32 Å². The number of aromatic nitrogens is 2. The Hall–Kier alpha value is -0.260. The van der Waals surface area contributed by atoms with E-state index in [4.69, 9.17) is 9.97 Å². The lowest BCUT2D eigenvalue weighted by Crippen LogP contribution is -2.28. The van der Waals surface area contributed by atoms with E-state index in [1.54, 1.807) is 0 Å². The molecule has 1 N–H and O–H groups in total. The van der Waals surface area contributed by atoms with Gasteiger partial charge >= 0.3 is 0 Å². The summed E-state index contributed by atoms with van der Waals surface area (Å²) in [6.45, 7) is 8.84. The summed E-state index contributed by atoms with van der Waals surface area (Å²) in [4.78, 5) is 9.81. The number of fused-ring (bicyclic) bond motifs is 1. The summed E-state index contributed by atoms with van der Waals surface area (Å²) in [5.74, 6) is 2.21. The third kappa shape index (κ3) is 2.85. The van der Waals surface area contributed by atoms with Gasteiger partial charge in [0.2, 0.25) is 0 Å². The smallest absolute Gasteiger partial charge is 0.142 e. The molecule has 2 aliphatic rings. The molecule has 5 heteroatoms. The van der Waals surface area contributed by atoms with Crippen LogP contribution in [0.25, 0.3) is 0 Å². The van der Waals surface area contributed by atoms with Crippen molar-refractivity contribution in [1.82, 2.24) is 15.3 Å². The van der Waals surface area contributed by atoms with Crippen molar-refractivity contribution in [2.75, 3.05) is 12.3 Å². The molecule has 1 aromatic rings. The molecule has 0 aliphatic carbocycles. The lowest BCUT2D eigenvalue weighted by atomic mass is 10.0. The van der Waals surface area contributed by atoms with Crippen LogP contribution < -0.4 is 5.32 Å². The maximum atomic E-state index is 4.91. The molecule has 0 spiro atoms. The molecular formula is C15H23N3S2. The van der Waals surface area contributed by atoms with Crippen LogP contribution in [0.5, 0.6) is 0 Å².